The number of ether oxygens (including phenoxy) is 2. The number of nitrogens with one attached hydrogen (secondary N) is 1. The molecule has 0 spiro atoms. The molecule has 2 rings (SSSR count). The summed E-state index contributed by atoms with van der Waals surface area (Å²) in [5, 5.41) is 5.54. The first kappa shape index (κ1) is 13.5. The average molecular weight is 260 g/mol. The molecule has 1 heterocycles. The molecule has 102 valence electrons. The van der Waals surface area contributed by atoms with Crippen LogP contribution in [0.25, 0.3) is 10.8 Å². The minimum absolute atomic E-state index is 0.381. The van der Waals surface area contributed by atoms with Crippen molar-refractivity contribution < 1.29 is 9.47 Å². The summed E-state index contributed by atoms with van der Waals surface area (Å²) in [6.07, 6.45) is 2.85. The van der Waals surface area contributed by atoms with Crippen molar-refractivity contribution in [2.24, 2.45) is 0 Å². The van der Waals surface area contributed by atoms with Crippen LogP contribution in [0.4, 0.5) is 5.82 Å². The standard InChI is InChI=1S/C15H20N2O2/c1-5-10(2)17-15-12-9-14(19-4)13(18-3)8-11(12)6-7-16-15/h6-10H,5H2,1-4H3,(H,16,17). The van der Waals surface area contributed by atoms with Crippen molar-refractivity contribution in [3.05, 3.63) is 24.4 Å². The maximum atomic E-state index is 5.35. The Hall–Kier alpha value is -1.97. The summed E-state index contributed by atoms with van der Waals surface area (Å²) >= 11 is 0. The number of pyridine rings is 1. The molecular weight excluding hydrogens is 240 g/mol. The van der Waals surface area contributed by atoms with E-state index >= 15 is 0 Å². The van der Waals surface area contributed by atoms with Crippen LogP contribution in [-0.4, -0.2) is 25.2 Å². The van der Waals surface area contributed by atoms with Crippen LogP contribution in [0.15, 0.2) is 24.4 Å². The Kier molecular flexibility index (Phi) is 4.10. The molecule has 0 bridgehead atoms. The van der Waals surface area contributed by atoms with Gasteiger partial charge in [0.25, 0.3) is 0 Å². The molecular formula is C15H20N2O2. The Morgan fingerprint density at radius 3 is 2.53 bits per heavy atom. The largest absolute Gasteiger partial charge is 0.493 e. The monoisotopic (exact) mass is 260 g/mol. The zero-order valence-corrected chi connectivity index (χ0v) is 11.9. The van der Waals surface area contributed by atoms with Gasteiger partial charge in [0, 0.05) is 17.6 Å². The number of aromatic nitrogens is 1. The van der Waals surface area contributed by atoms with Crippen molar-refractivity contribution in [1.29, 1.82) is 0 Å². The molecule has 19 heavy (non-hydrogen) atoms. The first-order valence-electron chi connectivity index (χ1n) is 6.46. The molecule has 1 unspecified atom stereocenters. The number of benzene rings is 1. The predicted molar refractivity (Wildman–Crippen MR) is 78.2 cm³/mol. The zero-order chi connectivity index (χ0) is 13.8. The Morgan fingerprint density at radius 2 is 1.89 bits per heavy atom. The number of methoxy groups -OCH3 is 2. The average Bonchev–Trinajstić information content (AvgIpc) is 2.45. The van der Waals surface area contributed by atoms with Crippen LogP contribution in [0, 0.1) is 0 Å². The van der Waals surface area contributed by atoms with Gasteiger partial charge in [0.15, 0.2) is 11.5 Å². The van der Waals surface area contributed by atoms with Crippen LogP contribution in [0.3, 0.4) is 0 Å². The Bertz CT molecular complexity index is 569. The first-order valence-corrected chi connectivity index (χ1v) is 6.46. The van der Waals surface area contributed by atoms with E-state index in [4.69, 9.17) is 9.47 Å². The van der Waals surface area contributed by atoms with Gasteiger partial charge in [-0.3, -0.25) is 0 Å². The molecule has 0 radical (unpaired) electrons. The van der Waals surface area contributed by atoms with E-state index in [0.717, 1.165) is 34.5 Å². The van der Waals surface area contributed by atoms with Crippen LogP contribution in [0.5, 0.6) is 11.5 Å². The summed E-state index contributed by atoms with van der Waals surface area (Å²) < 4.78 is 10.7. The molecule has 0 aliphatic heterocycles. The van der Waals surface area contributed by atoms with Crippen molar-refractivity contribution in [3.8, 4) is 11.5 Å². The topological polar surface area (TPSA) is 43.4 Å². The molecule has 1 aromatic heterocycles. The second-order valence-electron chi connectivity index (χ2n) is 4.54. The molecule has 4 heteroatoms. The lowest BCUT2D eigenvalue weighted by Gasteiger charge is -2.15. The third kappa shape index (κ3) is 2.72. The quantitative estimate of drug-likeness (QED) is 0.894. The summed E-state index contributed by atoms with van der Waals surface area (Å²) in [6, 6.07) is 6.29. The maximum Gasteiger partial charge on any atom is 0.161 e. The molecule has 0 fully saturated rings. The van der Waals surface area contributed by atoms with Gasteiger partial charge in [0.1, 0.15) is 5.82 Å². The fraction of sp³-hybridized carbons (Fsp3) is 0.400. The van der Waals surface area contributed by atoms with Gasteiger partial charge in [0.2, 0.25) is 0 Å². The minimum Gasteiger partial charge on any atom is -0.493 e. The normalized spacial score (nSPS) is 12.2. The fourth-order valence-electron chi connectivity index (χ4n) is 1.95. The van der Waals surface area contributed by atoms with E-state index in [1.54, 1.807) is 20.4 Å². The molecule has 0 amide bonds. The first-order chi connectivity index (χ1) is 9.19. The molecule has 2 aromatic rings. The van der Waals surface area contributed by atoms with E-state index in [0.29, 0.717) is 6.04 Å². The number of rotatable bonds is 5. The molecule has 0 aliphatic rings. The van der Waals surface area contributed by atoms with Crippen molar-refractivity contribution in [1.82, 2.24) is 4.98 Å². The second kappa shape index (κ2) is 5.78. The number of hydrogen-bond donors (Lipinski definition) is 1. The van der Waals surface area contributed by atoms with E-state index in [1.165, 1.54) is 0 Å². The molecule has 0 saturated carbocycles. The van der Waals surface area contributed by atoms with E-state index in [-0.39, 0.29) is 0 Å². The van der Waals surface area contributed by atoms with Crippen LogP contribution < -0.4 is 14.8 Å². The SMILES string of the molecule is CCC(C)Nc1nccc2cc(OC)c(OC)cc12. The maximum absolute atomic E-state index is 5.35. The van der Waals surface area contributed by atoms with Crippen molar-refractivity contribution in [2.45, 2.75) is 26.3 Å². The molecule has 1 aromatic carbocycles. The number of hydrogen-bond acceptors (Lipinski definition) is 4. The number of nitrogens with zero attached hydrogens (tertiary/aromatic N) is 1. The summed E-state index contributed by atoms with van der Waals surface area (Å²) in [4.78, 5) is 4.42. The van der Waals surface area contributed by atoms with Gasteiger partial charge in [-0.25, -0.2) is 4.98 Å². The highest BCUT2D eigenvalue weighted by Crippen LogP contribution is 2.34. The van der Waals surface area contributed by atoms with Gasteiger partial charge in [-0.15, -0.1) is 0 Å². The van der Waals surface area contributed by atoms with Crippen molar-refractivity contribution in [3.63, 3.8) is 0 Å². The van der Waals surface area contributed by atoms with Gasteiger partial charge < -0.3 is 14.8 Å². The molecule has 1 N–H and O–H groups in total. The fourth-order valence-corrected chi connectivity index (χ4v) is 1.95. The minimum atomic E-state index is 0.381. The van der Waals surface area contributed by atoms with E-state index in [1.807, 2.05) is 18.2 Å². The highest BCUT2D eigenvalue weighted by molar-refractivity contribution is 5.94. The van der Waals surface area contributed by atoms with Gasteiger partial charge in [-0.2, -0.15) is 0 Å². The lowest BCUT2D eigenvalue weighted by atomic mass is 10.1. The molecule has 0 aliphatic carbocycles. The lowest BCUT2D eigenvalue weighted by molar-refractivity contribution is 0.356. The van der Waals surface area contributed by atoms with Crippen molar-refractivity contribution >= 4 is 16.6 Å². The highest BCUT2D eigenvalue weighted by atomic mass is 16.5. The second-order valence-corrected chi connectivity index (χ2v) is 4.54. The van der Waals surface area contributed by atoms with Gasteiger partial charge in [0.05, 0.1) is 14.2 Å². The van der Waals surface area contributed by atoms with Gasteiger partial charge in [-0.1, -0.05) is 6.92 Å². The van der Waals surface area contributed by atoms with E-state index < -0.39 is 0 Å². The highest BCUT2D eigenvalue weighted by Gasteiger charge is 2.10. The van der Waals surface area contributed by atoms with Crippen LogP contribution in [0.2, 0.25) is 0 Å². The van der Waals surface area contributed by atoms with Gasteiger partial charge in [-0.05, 0) is 36.9 Å². The van der Waals surface area contributed by atoms with Crippen LogP contribution in [0.1, 0.15) is 20.3 Å². The summed E-state index contributed by atoms with van der Waals surface area (Å²) in [5.74, 6) is 2.33. The molecule has 4 nitrogen and oxygen atoms in total. The Labute approximate surface area is 113 Å². The molecule has 0 saturated heterocycles. The predicted octanol–water partition coefficient (Wildman–Crippen LogP) is 3.46. The zero-order valence-electron chi connectivity index (χ0n) is 11.9. The lowest BCUT2D eigenvalue weighted by Crippen LogP contribution is -2.14. The smallest absolute Gasteiger partial charge is 0.161 e. The van der Waals surface area contributed by atoms with E-state index in [2.05, 4.69) is 24.1 Å². The van der Waals surface area contributed by atoms with Gasteiger partial charge >= 0.3 is 0 Å². The number of anilines is 1. The Morgan fingerprint density at radius 1 is 1.21 bits per heavy atom. The summed E-state index contributed by atoms with van der Waals surface area (Å²) in [6.45, 7) is 4.29. The van der Waals surface area contributed by atoms with E-state index in [9.17, 15) is 0 Å². The van der Waals surface area contributed by atoms with Crippen LogP contribution in [-0.2, 0) is 0 Å². The van der Waals surface area contributed by atoms with Crippen LogP contribution >= 0.6 is 0 Å². The Balaban J connectivity index is 2.54. The third-order valence-electron chi connectivity index (χ3n) is 3.26. The summed E-state index contributed by atoms with van der Waals surface area (Å²) in [5.41, 5.74) is 0. The van der Waals surface area contributed by atoms with Crippen molar-refractivity contribution in [2.75, 3.05) is 19.5 Å². The third-order valence-corrected chi connectivity index (χ3v) is 3.26. The molecule has 1 atom stereocenters. The summed E-state index contributed by atoms with van der Waals surface area (Å²) in [7, 11) is 3.28. The number of fused-ring (bicyclic) bond motifs is 1.